The Labute approximate surface area is 141 Å². The second-order valence-corrected chi connectivity index (χ2v) is 6.33. The summed E-state index contributed by atoms with van der Waals surface area (Å²) >= 11 is 0. The fourth-order valence-electron chi connectivity index (χ4n) is 3.38. The van der Waals surface area contributed by atoms with Gasteiger partial charge in [-0.2, -0.15) is 0 Å². The van der Waals surface area contributed by atoms with E-state index in [-0.39, 0.29) is 11.6 Å². The highest BCUT2D eigenvalue weighted by Gasteiger charge is 2.28. The summed E-state index contributed by atoms with van der Waals surface area (Å²) in [5, 5.41) is 9.82. The van der Waals surface area contributed by atoms with Gasteiger partial charge in [-0.05, 0) is 45.2 Å². The first-order valence-electron chi connectivity index (χ1n) is 8.25. The van der Waals surface area contributed by atoms with Crippen LogP contribution in [0.5, 0.6) is 0 Å². The molecule has 0 spiro atoms. The van der Waals surface area contributed by atoms with Crippen LogP contribution in [0.15, 0.2) is 30.3 Å². The van der Waals surface area contributed by atoms with Crippen molar-refractivity contribution >= 4 is 11.8 Å². The van der Waals surface area contributed by atoms with Crippen molar-refractivity contribution in [3.8, 4) is 11.1 Å². The van der Waals surface area contributed by atoms with Crippen molar-refractivity contribution in [1.82, 2.24) is 4.98 Å². The quantitative estimate of drug-likeness (QED) is 0.914. The zero-order valence-corrected chi connectivity index (χ0v) is 13.9. The van der Waals surface area contributed by atoms with Gasteiger partial charge in [0.05, 0.1) is 0 Å². The van der Waals surface area contributed by atoms with Gasteiger partial charge in [-0.3, -0.25) is 0 Å². The second kappa shape index (κ2) is 6.59. The van der Waals surface area contributed by atoms with Gasteiger partial charge < -0.3 is 10.0 Å². The van der Waals surface area contributed by atoms with Crippen LogP contribution < -0.4 is 4.90 Å². The molecule has 0 saturated carbocycles. The smallest absolute Gasteiger partial charge is 0.340 e. The van der Waals surface area contributed by atoms with Gasteiger partial charge >= 0.3 is 5.97 Å². The summed E-state index contributed by atoms with van der Waals surface area (Å²) in [7, 11) is 0. The van der Waals surface area contributed by atoms with Gasteiger partial charge in [0, 0.05) is 29.4 Å². The molecule has 1 unspecified atom stereocenters. The number of carboxylic acid groups (broad SMARTS) is 1. The summed E-state index contributed by atoms with van der Waals surface area (Å²) in [6, 6.07) is 8.14. The number of anilines is 1. The maximum Gasteiger partial charge on any atom is 0.340 e. The van der Waals surface area contributed by atoms with Crippen molar-refractivity contribution in [2.24, 2.45) is 0 Å². The molecule has 3 rings (SSSR count). The number of aromatic carboxylic acids is 1. The maximum absolute atomic E-state index is 14.3. The lowest BCUT2D eigenvalue weighted by molar-refractivity contribution is 0.0698. The third-order valence-corrected chi connectivity index (χ3v) is 4.58. The van der Waals surface area contributed by atoms with Crippen LogP contribution in [0.25, 0.3) is 11.1 Å². The molecule has 1 aliphatic heterocycles. The summed E-state index contributed by atoms with van der Waals surface area (Å²) in [5.74, 6) is -1.05. The Morgan fingerprint density at radius 3 is 2.71 bits per heavy atom. The van der Waals surface area contributed by atoms with Crippen LogP contribution in [-0.4, -0.2) is 28.6 Å². The highest BCUT2D eigenvalue weighted by Crippen LogP contribution is 2.35. The molecule has 2 aromatic rings. The Morgan fingerprint density at radius 1 is 1.29 bits per heavy atom. The number of pyridine rings is 1. The van der Waals surface area contributed by atoms with E-state index < -0.39 is 11.8 Å². The molecular formula is C19H21FN2O2. The fraction of sp³-hybridized carbons (Fsp3) is 0.368. The number of nitrogens with zero attached hydrogens (tertiary/aromatic N) is 2. The topological polar surface area (TPSA) is 53.4 Å². The van der Waals surface area contributed by atoms with E-state index >= 15 is 0 Å². The van der Waals surface area contributed by atoms with Crippen LogP contribution in [0.2, 0.25) is 0 Å². The molecule has 1 saturated heterocycles. The van der Waals surface area contributed by atoms with Crippen molar-refractivity contribution in [3.63, 3.8) is 0 Å². The Balaban J connectivity index is 2.23. The van der Waals surface area contributed by atoms with Crippen LogP contribution in [0.3, 0.4) is 0 Å². The minimum atomic E-state index is -1.08. The van der Waals surface area contributed by atoms with Crippen LogP contribution in [-0.2, 0) is 0 Å². The van der Waals surface area contributed by atoms with Gasteiger partial charge in [0.1, 0.15) is 17.2 Å². The Bertz CT molecular complexity index is 776. The van der Waals surface area contributed by atoms with Gasteiger partial charge in [-0.1, -0.05) is 18.2 Å². The largest absolute Gasteiger partial charge is 0.478 e. The first-order valence-corrected chi connectivity index (χ1v) is 8.25. The van der Waals surface area contributed by atoms with Gasteiger partial charge in [0.15, 0.2) is 0 Å². The fourth-order valence-corrected chi connectivity index (χ4v) is 3.38. The van der Waals surface area contributed by atoms with Crippen molar-refractivity contribution in [2.75, 3.05) is 11.4 Å². The molecule has 0 radical (unpaired) electrons. The third kappa shape index (κ3) is 2.98. The molecule has 1 N–H and O–H groups in total. The zero-order valence-electron chi connectivity index (χ0n) is 13.9. The SMILES string of the molecule is Cc1cc(-c2ccccc2F)c(C(=O)O)c(N2CCCCC2C)n1. The van der Waals surface area contributed by atoms with Crippen molar-refractivity contribution in [3.05, 3.63) is 47.4 Å². The minimum absolute atomic E-state index is 0.0828. The van der Waals surface area contributed by atoms with Crippen LogP contribution in [0, 0.1) is 12.7 Å². The highest BCUT2D eigenvalue weighted by atomic mass is 19.1. The number of aryl methyl sites for hydroxylation is 1. The van der Waals surface area contributed by atoms with E-state index in [0.717, 1.165) is 25.8 Å². The lowest BCUT2D eigenvalue weighted by Gasteiger charge is -2.35. The average Bonchev–Trinajstić information content (AvgIpc) is 2.54. The number of hydrogen-bond acceptors (Lipinski definition) is 3. The number of carbonyl (C=O) groups is 1. The summed E-state index contributed by atoms with van der Waals surface area (Å²) in [6.45, 7) is 4.67. The van der Waals surface area contributed by atoms with Crippen LogP contribution in [0.4, 0.5) is 10.2 Å². The summed E-state index contributed by atoms with van der Waals surface area (Å²) < 4.78 is 14.3. The number of piperidine rings is 1. The van der Waals surface area contributed by atoms with E-state index in [1.165, 1.54) is 6.07 Å². The van der Waals surface area contributed by atoms with Crippen molar-refractivity contribution < 1.29 is 14.3 Å². The molecule has 2 heterocycles. The number of carboxylic acids is 1. The molecule has 1 atom stereocenters. The Hall–Kier alpha value is -2.43. The van der Waals surface area contributed by atoms with E-state index in [4.69, 9.17) is 0 Å². The minimum Gasteiger partial charge on any atom is -0.478 e. The van der Waals surface area contributed by atoms with Crippen LogP contribution in [0.1, 0.15) is 42.2 Å². The maximum atomic E-state index is 14.3. The van der Waals surface area contributed by atoms with Gasteiger partial charge in [-0.25, -0.2) is 14.2 Å². The molecule has 5 heteroatoms. The van der Waals surface area contributed by atoms with Crippen molar-refractivity contribution in [1.29, 1.82) is 0 Å². The van der Waals surface area contributed by atoms with Gasteiger partial charge in [0.25, 0.3) is 0 Å². The molecule has 1 aliphatic rings. The zero-order chi connectivity index (χ0) is 17.3. The molecule has 24 heavy (non-hydrogen) atoms. The number of hydrogen-bond donors (Lipinski definition) is 1. The molecule has 1 aromatic heterocycles. The highest BCUT2D eigenvalue weighted by molar-refractivity contribution is 6.01. The number of benzene rings is 1. The Morgan fingerprint density at radius 2 is 2.04 bits per heavy atom. The van der Waals surface area contributed by atoms with E-state index in [1.807, 2.05) is 11.8 Å². The lowest BCUT2D eigenvalue weighted by atomic mass is 9.97. The predicted octanol–water partition coefficient (Wildman–Crippen LogP) is 4.27. The van der Waals surface area contributed by atoms with Crippen molar-refractivity contribution in [2.45, 2.75) is 39.2 Å². The predicted molar refractivity (Wildman–Crippen MR) is 92.0 cm³/mol. The van der Waals surface area contributed by atoms with Crippen LogP contribution >= 0.6 is 0 Å². The summed E-state index contributed by atoms with van der Waals surface area (Å²) in [6.07, 6.45) is 3.14. The molecule has 1 fully saturated rings. The van der Waals surface area contributed by atoms with E-state index in [2.05, 4.69) is 11.9 Å². The van der Waals surface area contributed by atoms with E-state index in [1.54, 1.807) is 24.3 Å². The standard InChI is InChI=1S/C19H21FN2O2/c1-12-11-15(14-8-3-4-9-16(14)20)17(19(23)24)18(21-12)22-10-6-5-7-13(22)2/h3-4,8-9,11,13H,5-7,10H2,1-2H3,(H,23,24). The number of aromatic nitrogens is 1. The third-order valence-electron chi connectivity index (χ3n) is 4.58. The van der Waals surface area contributed by atoms with E-state index in [9.17, 15) is 14.3 Å². The van der Waals surface area contributed by atoms with E-state index in [0.29, 0.717) is 22.6 Å². The molecule has 1 aromatic carbocycles. The first-order chi connectivity index (χ1) is 11.5. The normalized spacial score (nSPS) is 17.8. The molecule has 0 aliphatic carbocycles. The Kier molecular flexibility index (Phi) is 4.51. The monoisotopic (exact) mass is 328 g/mol. The second-order valence-electron chi connectivity index (χ2n) is 6.33. The molecular weight excluding hydrogens is 307 g/mol. The number of halogens is 1. The van der Waals surface area contributed by atoms with Gasteiger partial charge in [-0.15, -0.1) is 0 Å². The lowest BCUT2D eigenvalue weighted by Crippen LogP contribution is -2.39. The van der Waals surface area contributed by atoms with Gasteiger partial charge in [0.2, 0.25) is 0 Å². The molecule has 0 bridgehead atoms. The summed E-state index contributed by atoms with van der Waals surface area (Å²) in [5.41, 5.74) is 1.46. The average molecular weight is 328 g/mol. The first kappa shape index (κ1) is 16.4. The molecule has 0 amide bonds. The number of rotatable bonds is 3. The molecule has 126 valence electrons. The molecule has 4 nitrogen and oxygen atoms in total. The summed E-state index contributed by atoms with van der Waals surface area (Å²) in [4.78, 5) is 18.6.